The van der Waals surface area contributed by atoms with Gasteiger partial charge in [-0.05, 0) is 65.4 Å². The van der Waals surface area contributed by atoms with Gasteiger partial charge in [0.25, 0.3) is 16.8 Å². The standard InChI is InChI=1S/C25H17BrN2O6S/c26-19-7-5-18(6-8-19)22(29)14-27-24(30)23(35-25(27)31)13-16-3-11-21(12-4-16)34-15-17-1-9-20(10-2-17)28(32)33/h1-13H,14-15H2/b23-13+. The number of nitro groups is 1. The number of ether oxygens (including phenoxy) is 1. The highest BCUT2D eigenvalue weighted by Crippen LogP contribution is 2.32. The topological polar surface area (TPSA) is 107 Å². The molecule has 1 heterocycles. The van der Waals surface area contributed by atoms with Crippen LogP contribution in [0.4, 0.5) is 10.5 Å². The lowest BCUT2D eigenvalue weighted by atomic mass is 10.1. The fourth-order valence-electron chi connectivity index (χ4n) is 3.20. The number of benzene rings is 3. The molecule has 1 aliphatic heterocycles. The number of Topliss-reactive ketones (excluding diaryl/α,β-unsaturated/α-hetero) is 1. The average molecular weight is 553 g/mol. The summed E-state index contributed by atoms with van der Waals surface area (Å²) in [5.74, 6) is -0.256. The van der Waals surface area contributed by atoms with Crippen LogP contribution in [0.3, 0.4) is 0 Å². The lowest BCUT2D eigenvalue weighted by Crippen LogP contribution is -2.33. The van der Waals surface area contributed by atoms with Gasteiger partial charge in [-0.25, -0.2) is 0 Å². The van der Waals surface area contributed by atoms with Crippen molar-refractivity contribution in [3.8, 4) is 5.75 Å². The molecule has 35 heavy (non-hydrogen) atoms. The molecule has 0 radical (unpaired) electrons. The van der Waals surface area contributed by atoms with Crippen LogP contribution in [0.15, 0.2) is 82.2 Å². The Kier molecular flexibility index (Phi) is 7.42. The number of ketones is 1. The third-order valence-electron chi connectivity index (χ3n) is 5.07. The lowest BCUT2D eigenvalue weighted by Gasteiger charge is -2.11. The Morgan fingerprint density at radius 1 is 1.00 bits per heavy atom. The van der Waals surface area contributed by atoms with Gasteiger partial charge in [0.1, 0.15) is 12.4 Å². The number of carbonyl (C=O) groups excluding carboxylic acids is 3. The predicted molar refractivity (Wildman–Crippen MR) is 135 cm³/mol. The van der Waals surface area contributed by atoms with Crippen LogP contribution in [-0.2, 0) is 11.4 Å². The first-order chi connectivity index (χ1) is 16.8. The van der Waals surface area contributed by atoms with Crippen molar-refractivity contribution in [2.24, 2.45) is 0 Å². The predicted octanol–water partition coefficient (Wildman–Crippen LogP) is 5.86. The summed E-state index contributed by atoms with van der Waals surface area (Å²) in [4.78, 5) is 49.0. The minimum absolute atomic E-state index is 0.0141. The van der Waals surface area contributed by atoms with Gasteiger partial charge in [0.15, 0.2) is 5.78 Å². The van der Waals surface area contributed by atoms with Gasteiger partial charge in [0.05, 0.1) is 16.4 Å². The van der Waals surface area contributed by atoms with E-state index in [0.717, 1.165) is 26.7 Å². The van der Waals surface area contributed by atoms with E-state index in [2.05, 4.69) is 15.9 Å². The van der Waals surface area contributed by atoms with E-state index in [4.69, 9.17) is 4.74 Å². The molecule has 1 fully saturated rings. The maximum absolute atomic E-state index is 12.7. The second-order valence-corrected chi connectivity index (χ2v) is 9.39. The summed E-state index contributed by atoms with van der Waals surface area (Å²) in [6, 6.07) is 19.7. The van der Waals surface area contributed by atoms with Crippen molar-refractivity contribution in [2.45, 2.75) is 6.61 Å². The Balaban J connectivity index is 1.37. The first kappa shape index (κ1) is 24.4. The molecule has 3 aromatic carbocycles. The van der Waals surface area contributed by atoms with E-state index >= 15 is 0 Å². The Hall–Kier alpha value is -3.76. The van der Waals surface area contributed by atoms with Crippen molar-refractivity contribution >= 4 is 56.4 Å². The van der Waals surface area contributed by atoms with Crippen molar-refractivity contribution in [2.75, 3.05) is 6.54 Å². The third kappa shape index (κ3) is 6.03. The number of non-ortho nitro benzene ring substituents is 1. The number of carbonyl (C=O) groups is 3. The molecule has 4 rings (SSSR count). The van der Waals surface area contributed by atoms with E-state index in [1.54, 1.807) is 66.7 Å². The van der Waals surface area contributed by atoms with Gasteiger partial charge in [-0.2, -0.15) is 0 Å². The zero-order valence-corrected chi connectivity index (χ0v) is 20.5. The van der Waals surface area contributed by atoms with Crippen LogP contribution in [0.1, 0.15) is 21.5 Å². The second-order valence-electron chi connectivity index (χ2n) is 7.48. The molecule has 0 atom stereocenters. The van der Waals surface area contributed by atoms with Crippen LogP contribution in [0.2, 0.25) is 0 Å². The van der Waals surface area contributed by atoms with Gasteiger partial charge in [0.2, 0.25) is 0 Å². The molecule has 0 N–H and O–H groups in total. The molecule has 0 saturated carbocycles. The summed E-state index contributed by atoms with van der Waals surface area (Å²) >= 11 is 4.09. The summed E-state index contributed by atoms with van der Waals surface area (Å²) < 4.78 is 6.53. The maximum Gasteiger partial charge on any atom is 0.293 e. The van der Waals surface area contributed by atoms with Crippen LogP contribution in [0.25, 0.3) is 6.08 Å². The summed E-state index contributed by atoms with van der Waals surface area (Å²) in [5, 5.41) is 10.2. The number of hydrogen-bond acceptors (Lipinski definition) is 7. The highest BCUT2D eigenvalue weighted by molar-refractivity contribution is 9.10. The van der Waals surface area contributed by atoms with Crippen LogP contribution < -0.4 is 4.74 Å². The van der Waals surface area contributed by atoms with Crippen molar-refractivity contribution in [3.63, 3.8) is 0 Å². The molecular formula is C25H17BrN2O6S. The summed E-state index contributed by atoms with van der Waals surface area (Å²) in [6.45, 7) is -0.0817. The van der Waals surface area contributed by atoms with Crippen LogP contribution in [-0.4, -0.2) is 33.3 Å². The Bertz CT molecular complexity index is 1320. The van der Waals surface area contributed by atoms with Crippen molar-refractivity contribution < 1.29 is 24.0 Å². The normalized spacial score (nSPS) is 14.4. The van der Waals surface area contributed by atoms with Crippen LogP contribution in [0, 0.1) is 10.1 Å². The number of thioether (sulfide) groups is 1. The van der Waals surface area contributed by atoms with Crippen molar-refractivity contribution in [1.82, 2.24) is 4.90 Å². The van der Waals surface area contributed by atoms with Gasteiger partial charge < -0.3 is 4.74 Å². The van der Waals surface area contributed by atoms with Gasteiger partial charge in [-0.1, -0.05) is 40.2 Å². The lowest BCUT2D eigenvalue weighted by molar-refractivity contribution is -0.384. The van der Waals surface area contributed by atoms with Gasteiger partial charge in [-0.3, -0.25) is 29.4 Å². The monoisotopic (exact) mass is 552 g/mol. The van der Waals surface area contributed by atoms with Crippen molar-refractivity contribution in [3.05, 3.63) is 109 Å². The smallest absolute Gasteiger partial charge is 0.293 e. The fraction of sp³-hybridized carbons (Fsp3) is 0.0800. The fourth-order valence-corrected chi connectivity index (χ4v) is 4.30. The minimum Gasteiger partial charge on any atom is -0.489 e. The molecule has 176 valence electrons. The molecule has 3 aromatic rings. The first-order valence-corrected chi connectivity index (χ1v) is 11.9. The summed E-state index contributed by atoms with van der Waals surface area (Å²) in [7, 11) is 0. The summed E-state index contributed by atoms with van der Waals surface area (Å²) in [6.07, 6.45) is 1.59. The molecule has 1 saturated heterocycles. The number of amides is 2. The SMILES string of the molecule is O=C(CN1C(=O)S/C(=C/c2ccc(OCc3ccc([N+](=O)[O-])cc3)cc2)C1=O)c1ccc(Br)cc1. The van der Waals surface area contributed by atoms with Crippen LogP contribution >= 0.6 is 27.7 Å². The quantitative estimate of drug-likeness (QED) is 0.149. The molecular weight excluding hydrogens is 536 g/mol. The highest BCUT2D eigenvalue weighted by Gasteiger charge is 2.36. The molecule has 0 bridgehead atoms. The molecule has 0 aromatic heterocycles. The number of halogens is 1. The third-order valence-corrected chi connectivity index (χ3v) is 6.51. The number of nitrogens with zero attached hydrogens (tertiary/aromatic N) is 2. The van der Waals surface area contributed by atoms with E-state index in [9.17, 15) is 24.5 Å². The number of imide groups is 1. The Morgan fingerprint density at radius 3 is 2.29 bits per heavy atom. The van der Waals surface area contributed by atoms with Crippen molar-refractivity contribution in [1.29, 1.82) is 0 Å². The van der Waals surface area contributed by atoms with E-state index in [-0.39, 0.29) is 29.5 Å². The Morgan fingerprint density at radius 2 is 1.66 bits per heavy atom. The molecule has 1 aliphatic rings. The van der Waals surface area contributed by atoms with Gasteiger partial charge >= 0.3 is 0 Å². The second kappa shape index (κ2) is 10.7. The maximum atomic E-state index is 12.7. The number of rotatable bonds is 8. The number of nitro benzene ring substituents is 1. The number of hydrogen-bond donors (Lipinski definition) is 0. The van der Waals surface area contributed by atoms with Gasteiger partial charge in [-0.15, -0.1) is 0 Å². The van der Waals surface area contributed by atoms with Gasteiger partial charge in [0, 0.05) is 22.2 Å². The molecule has 10 heteroatoms. The zero-order chi connectivity index (χ0) is 24.9. The Labute approximate surface area is 212 Å². The molecule has 0 unspecified atom stereocenters. The average Bonchev–Trinajstić information content (AvgIpc) is 3.11. The minimum atomic E-state index is -0.510. The largest absolute Gasteiger partial charge is 0.489 e. The van der Waals surface area contributed by atoms with E-state index in [1.807, 2.05) is 0 Å². The highest BCUT2D eigenvalue weighted by atomic mass is 79.9. The van der Waals surface area contributed by atoms with E-state index in [1.165, 1.54) is 12.1 Å². The molecule has 0 spiro atoms. The summed E-state index contributed by atoms with van der Waals surface area (Å²) in [5.41, 5.74) is 1.91. The molecule has 2 amide bonds. The van der Waals surface area contributed by atoms with Crippen LogP contribution in [0.5, 0.6) is 5.75 Å². The molecule has 0 aliphatic carbocycles. The zero-order valence-electron chi connectivity index (χ0n) is 18.0. The first-order valence-electron chi connectivity index (χ1n) is 10.3. The molecule has 8 nitrogen and oxygen atoms in total. The van der Waals surface area contributed by atoms with E-state index in [0.29, 0.717) is 16.9 Å². The van der Waals surface area contributed by atoms with E-state index < -0.39 is 16.1 Å².